The van der Waals surface area contributed by atoms with Crippen LogP contribution in [0, 0.1) is 0 Å². The Morgan fingerprint density at radius 3 is 2.36 bits per heavy atom. The zero-order valence-electron chi connectivity index (χ0n) is 13.3. The molecule has 0 unspecified atom stereocenters. The molecule has 0 fully saturated rings. The predicted octanol–water partition coefficient (Wildman–Crippen LogP) is 3.49. The van der Waals surface area contributed by atoms with E-state index in [1.54, 1.807) is 0 Å². The highest BCUT2D eigenvalue weighted by molar-refractivity contribution is 7.86. The first-order valence-electron chi connectivity index (χ1n) is 7.24. The van der Waals surface area contributed by atoms with Crippen LogP contribution in [0.25, 0.3) is 0 Å². The third-order valence-corrected chi connectivity index (χ3v) is 4.49. The lowest BCUT2D eigenvalue weighted by Gasteiger charge is -2.07. The van der Waals surface area contributed by atoms with Crippen LogP contribution >= 0.6 is 0 Å². The van der Waals surface area contributed by atoms with Crippen molar-refractivity contribution in [2.75, 3.05) is 11.9 Å². The molecule has 0 heterocycles. The summed E-state index contributed by atoms with van der Waals surface area (Å²) < 4.78 is 29.0. The molecule has 0 spiro atoms. The molecule has 0 aliphatic rings. The Labute approximate surface area is 132 Å². The van der Waals surface area contributed by atoms with E-state index in [1.807, 2.05) is 19.9 Å². The first-order valence-corrected chi connectivity index (χ1v) is 8.65. The number of anilines is 1. The summed E-state index contributed by atoms with van der Waals surface area (Å²) in [6.07, 6.45) is 4.58. The lowest BCUT2D eigenvalue weighted by atomic mass is 10.1. The van der Waals surface area contributed by atoms with Crippen molar-refractivity contribution in [1.82, 2.24) is 0 Å². The molecule has 1 aromatic rings. The summed E-state index contributed by atoms with van der Waals surface area (Å²) >= 11 is 0. The van der Waals surface area contributed by atoms with Crippen molar-refractivity contribution in [3.8, 4) is 0 Å². The van der Waals surface area contributed by atoms with Gasteiger partial charge < -0.3 is 5.32 Å². The van der Waals surface area contributed by atoms with Gasteiger partial charge in [-0.3, -0.25) is 8.98 Å². The first kappa shape index (κ1) is 18.4. The first-order chi connectivity index (χ1) is 10.3. The fourth-order valence-corrected chi connectivity index (χ4v) is 2.74. The minimum Gasteiger partial charge on any atom is -0.326 e. The van der Waals surface area contributed by atoms with Crippen LogP contribution in [0.15, 0.2) is 40.8 Å². The van der Waals surface area contributed by atoms with Gasteiger partial charge >= 0.3 is 0 Å². The van der Waals surface area contributed by atoms with E-state index in [4.69, 9.17) is 4.18 Å². The quantitative estimate of drug-likeness (QED) is 0.451. The Morgan fingerprint density at radius 2 is 1.82 bits per heavy atom. The van der Waals surface area contributed by atoms with Gasteiger partial charge in [-0.05, 0) is 57.4 Å². The van der Waals surface area contributed by atoms with Gasteiger partial charge in [0.1, 0.15) is 0 Å². The standard InChI is InChI=1S/C16H23NO4S/c1-4-13(2)7-5-6-12-21-22(19,20)16-10-8-15(9-11-16)17-14(3)18/h4,8-11H,5-7,12H2,1-3H3,(H,17,18)/b13-4+. The van der Waals surface area contributed by atoms with Crippen LogP contribution in [0.4, 0.5) is 5.69 Å². The second kappa shape index (κ2) is 8.70. The van der Waals surface area contributed by atoms with Crippen molar-refractivity contribution in [2.45, 2.75) is 44.9 Å². The topological polar surface area (TPSA) is 72.5 Å². The Bertz CT molecular complexity index is 618. The van der Waals surface area contributed by atoms with Gasteiger partial charge in [0, 0.05) is 12.6 Å². The molecular formula is C16H23NO4S. The Kier molecular flexibility index (Phi) is 7.27. The number of unbranched alkanes of at least 4 members (excludes halogenated alkanes) is 1. The van der Waals surface area contributed by atoms with E-state index in [2.05, 4.69) is 5.32 Å². The van der Waals surface area contributed by atoms with Crippen LogP contribution in [-0.4, -0.2) is 20.9 Å². The highest BCUT2D eigenvalue weighted by Crippen LogP contribution is 2.17. The number of carbonyl (C=O) groups excluding carboxylic acids is 1. The third kappa shape index (κ3) is 6.41. The average molecular weight is 325 g/mol. The molecule has 0 atom stereocenters. The molecule has 0 saturated carbocycles. The molecular weight excluding hydrogens is 302 g/mol. The molecule has 6 heteroatoms. The smallest absolute Gasteiger partial charge is 0.296 e. The molecule has 1 rings (SSSR count). The van der Waals surface area contributed by atoms with Crippen LogP contribution in [-0.2, 0) is 19.1 Å². The summed E-state index contributed by atoms with van der Waals surface area (Å²) in [7, 11) is -3.74. The minimum atomic E-state index is -3.74. The van der Waals surface area contributed by atoms with Crippen LogP contribution in [0.1, 0.15) is 40.0 Å². The van der Waals surface area contributed by atoms with E-state index in [-0.39, 0.29) is 17.4 Å². The number of hydrogen-bond acceptors (Lipinski definition) is 4. The van der Waals surface area contributed by atoms with E-state index < -0.39 is 10.1 Å². The monoisotopic (exact) mass is 325 g/mol. The minimum absolute atomic E-state index is 0.0891. The zero-order valence-corrected chi connectivity index (χ0v) is 14.1. The summed E-state index contributed by atoms with van der Waals surface area (Å²) in [5, 5.41) is 2.58. The van der Waals surface area contributed by atoms with Crippen molar-refractivity contribution < 1.29 is 17.4 Å². The number of carbonyl (C=O) groups is 1. The van der Waals surface area contributed by atoms with E-state index in [0.29, 0.717) is 12.1 Å². The maximum absolute atomic E-state index is 12.0. The summed E-state index contributed by atoms with van der Waals surface area (Å²) in [6.45, 7) is 5.60. The van der Waals surface area contributed by atoms with E-state index in [9.17, 15) is 13.2 Å². The average Bonchev–Trinajstić information content (AvgIpc) is 2.46. The summed E-state index contributed by atoms with van der Waals surface area (Å²) in [5.74, 6) is -0.205. The molecule has 22 heavy (non-hydrogen) atoms. The largest absolute Gasteiger partial charge is 0.326 e. The van der Waals surface area contributed by atoms with Gasteiger partial charge in [0.15, 0.2) is 0 Å². The maximum atomic E-state index is 12.0. The number of benzene rings is 1. The third-order valence-electron chi connectivity index (χ3n) is 3.16. The van der Waals surface area contributed by atoms with Crippen molar-refractivity contribution >= 4 is 21.7 Å². The molecule has 0 saturated heterocycles. The summed E-state index contributed by atoms with van der Waals surface area (Å²) in [5.41, 5.74) is 1.84. The van der Waals surface area contributed by atoms with Crippen LogP contribution in [0.2, 0.25) is 0 Å². The predicted molar refractivity (Wildman–Crippen MR) is 87.2 cm³/mol. The lowest BCUT2D eigenvalue weighted by Crippen LogP contribution is -2.09. The fraction of sp³-hybridized carbons (Fsp3) is 0.438. The second-order valence-corrected chi connectivity index (χ2v) is 6.69. The van der Waals surface area contributed by atoms with Crippen LogP contribution in [0.5, 0.6) is 0 Å². The number of allylic oxidation sites excluding steroid dienone is 2. The SMILES string of the molecule is C/C=C(\C)CCCCOS(=O)(=O)c1ccc(NC(C)=O)cc1. The van der Waals surface area contributed by atoms with Crippen LogP contribution < -0.4 is 5.32 Å². The molecule has 0 aliphatic carbocycles. The Hall–Kier alpha value is -1.66. The van der Waals surface area contributed by atoms with Crippen molar-refractivity contribution in [3.05, 3.63) is 35.9 Å². The van der Waals surface area contributed by atoms with Gasteiger partial charge in [0.25, 0.3) is 10.1 Å². The second-order valence-electron chi connectivity index (χ2n) is 5.07. The van der Waals surface area contributed by atoms with E-state index in [0.717, 1.165) is 12.8 Å². The molecule has 0 radical (unpaired) electrons. The fourth-order valence-electron chi connectivity index (χ4n) is 1.80. The molecule has 1 N–H and O–H groups in total. The van der Waals surface area contributed by atoms with Gasteiger partial charge in [-0.2, -0.15) is 8.42 Å². The molecule has 1 aromatic carbocycles. The molecule has 0 bridgehead atoms. The number of amides is 1. The Balaban J connectivity index is 2.50. The zero-order chi connectivity index (χ0) is 16.6. The van der Waals surface area contributed by atoms with Crippen molar-refractivity contribution in [1.29, 1.82) is 0 Å². The number of nitrogens with one attached hydrogen (secondary N) is 1. The van der Waals surface area contributed by atoms with Crippen molar-refractivity contribution in [2.24, 2.45) is 0 Å². The van der Waals surface area contributed by atoms with E-state index >= 15 is 0 Å². The maximum Gasteiger partial charge on any atom is 0.296 e. The van der Waals surface area contributed by atoms with Gasteiger partial charge in [0.2, 0.25) is 5.91 Å². The van der Waals surface area contributed by atoms with Gasteiger partial charge in [-0.15, -0.1) is 0 Å². The molecule has 122 valence electrons. The normalized spacial score (nSPS) is 12.2. The number of rotatable bonds is 8. The molecule has 1 amide bonds. The number of hydrogen-bond donors (Lipinski definition) is 1. The molecule has 5 nitrogen and oxygen atoms in total. The molecule has 0 aliphatic heterocycles. The summed E-state index contributed by atoms with van der Waals surface area (Å²) in [6, 6.07) is 5.91. The summed E-state index contributed by atoms with van der Waals surface area (Å²) in [4.78, 5) is 11.0. The highest BCUT2D eigenvalue weighted by atomic mass is 32.2. The van der Waals surface area contributed by atoms with Gasteiger partial charge in [-0.1, -0.05) is 11.6 Å². The van der Waals surface area contributed by atoms with E-state index in [1.165, 1.54) is 36.8 Å². The van der Waals surface area contributed by atoms with Crippen LogP contribution in [0.3, 0.4) is 0 Å². The van der Waals surface area contributed by atoms with Crippen molar-refractivity contribution in [3.63, 3.8) is 0 Å². The highest BCUT2D eigenvalue weighted by Gasteiger charge is 2.14. The van der Waals surface area contributed by atoms with Gasteiger partial charge in [0.05, 0.1) is 11.5 Å². The lowest BCUT2D eigenvalue weighted by molar-refractivity contribution is -0.114. The Morgan fingerprint density at radius 1 is 1.18 bits per heavy atom. The van der Waals surface area contributed by atoms with Gasteiger partial charge in [-0.25, -0.2) is 0 Å². The molecule has 0 aromatic heterocycles.